The van der Waals surface area contributed by atoms with Crippen molar-refractivity contribution in [2.75, 3.05) is 0 Å². The molecule has 0 amide bonds. The van der Waals surface area contributed by atoms with E-state index < -0.39 is 18.0 Å². The Morgan fingerprint density at radius 1 is 1.20 bits per heavy atom. The summed E-state index contributed by atoms with van der Waals surface area (Å²) in [7, 11) is 0. The van der Waals surface area contributed by atoms with Gasteiger partial charge >= 0.3 is 6.18 Å². The molecule has 1 saturated heterocycles. The fourth-order valence-electron chi connectivity index (χ4n) is 0.562. The highest BCUT2D eigenvalue weighted by Gasteiger charge is 2.43. The van der Waals surface area contributed by atoms with E-state index in [2.05, 4.69) is 5.43 Å². The maximum Gasteiger partial charge on any atom is 0.418 e. The monoisotopic (exact) mass is 175 g/mol. The zero-order chi connectivity index (χ0) is 7.78. The van der Waals surface area contributed by atoms with Crippen molar-refractivity contribution in [3.8, 4) is 0 Å². The number of halogens is 4. The standard InChI is InChI=1S/C3H5ClF3N3/c4-2-8-1(9-10-2)3(5,6)7/h1-2,8-10H. The second-order valence-corrected chi connectivity index (χ2v) is 2.23. The summed E-state index contributed by atoms with van der Waals surface area (Å²) in [6.07, 6.45) is -6.06. The van der Waals surface area contributed by atoms with Crippen LogP contribution in [-0.2, 0) is 0 Å². The van der Waals surface area contributed by atoms with Gasteiger partial charge in [-0.1, -0.05) is 11.6 Å². The van der Waals surface area contributed by atoms with Crippen LogP contribution < -0.4 is 16.2 Å². The maximum atomic E-state index is 11.7. The molecule has 2 unspecified atom stereocenters. The average molecular weight is 176 g/mol. The first-order valence-corrected chi connectivity index (χ1v) is 2.91. The van der Waals surface area contributed by atoms with Crippen molar-refractivity contribution < 1.29 is 13.2 Å². The molecule has 2 atom stereocenters. The topological polar surface area (TPSA) is 36.1 Å². The number of hydrogen-bond acceptors (Lipinski definition) is 3. The van der Waals surface area contributed by atoms with Crippen LogP contribution in [0.25, 0.3) is 0 Å². The Morgan fingerprint density at radius 3 is 2.00 bits per heavy atom. The Morgan fingerprint density at radius 2 is 1.80 bits per heavy atom. The summed E-state index contributed by atoms with van der Waals surface area (Å²) in [6.45, 7) is 0. The SMILES string of the molecule is FC(F)(F)C1NNC(Cl)N1. The molecule has 0 saturated carbocycles. The van der Waals surface area contributed by atoms with Crippen molar-refractivity contribution in [3.05, 3.63) is 0 Å². The Bertz CT molecular complexity index is 127. The molecule has 1 aliphatic heterocycles. The number of rotatable bonds is 0. The fraction of sp³-hybridized carbons (Fsp3) is 1.00. The summed E-state index contributed by atoms with van der Waals surface area (Å²) in [6, 6.07) is 0. The largest absolute Gasteiger partial charge is 0.418 e. The van der Waals surface area contributed by atoms with Gasteiger partial charge < -0.3 is 0 Å². The first-order valence-electron chi connectivity index (χ1n) is 2.48. The van der Waals surface area contributed by atoms with Gasteiger partial charge in [-0.05, 0) is 0 Å². The summed E-state index contributed by atoms with van der Waals surface area (Å²) in [5.74, 6) is 0. The molecular weight excluding hydrogens is 171 g/mol. The third kappa shape index (κ3) is 1.72. The molecule has 0 radical (unpaired) electrons. The molecule has 0 aromatic heterocycles. The molecule has 1 heterocycles. The van der Waals surface area contributed by atoms with E-state index >= 15 is 0 Å². The summed E-state index contributed by atoms with van der Waals surface area (Å²) in [5, 5.41) is 2.01. The predicted octanol–water partition coefficient (Wildman–Crippen LogP) is 0.0946. The van der Waals surface area contributed by atoms with E-state index in [0.29, 0.717) is 0 Å². The van der Waals surface area contributed by atoms with Gasteiger partial charge in [0.05, 0.1) is 0 Å². The predicted molar refractivity (Wildman–Crippen MR) is 28.9 cm³/mol. The van der Waals surface area contributed by atoms with Gasteiger partial charge in [-0.3, -0.25) is 5.32 Å². The molecule has 60 valence electrons. The molecule has 1 fully saturated rings. The highest BCUT2D eigenvalue weighted by molar-refractivity contribution is 6.20. The van der Waals surface area contributed by atoms with Crippen LogP contribution in [0.1, 0.15) is 0 Å². The van der Waals surface area contributed by atoms with Crippen LogP contribution >= 0.6 is 11.6 Å². The van der Waals surface area contributed by atoms with Crippen LogP contribution in [-0.4, -0.2) is 18.0 Å². The van der Waals surface area contributed by atoms with E-state index in [1.54, 1.807) is 0 Å². The lowest BCUT2D eigenvalue weighted by Crippen LogP contribution is -2.46. The van der Waals surface area contributed by atoms with Crippen LogP contribution in [0.15, 0.2) is 0 Å². The third-order valence-electron chi connectivity index (χ3n) is 0.995. The van der Waals surface area contributed by atoms with Crippen LogP contribution in [0.3, 0.4) is 0 Å². The Kier molecular flexibility index (Phi) is 2.04. The van der Waals surface area contributed by atoms with E-state index in [1.807, 2.05) is 10.7 Å². The molecule has 1 rings (SSSR count). The van der Waals surface area contributed by atoms with E-state index in [4.69, 9.17) is 11.6 Å². The van der Waals surface area contributed by atoms with Crippen LogP contribution in [0.2, 0.25) is 0 Å². The van der Waals surface area contributed by atoms with E-state index in [0.717, 1.165) is 0 Å². The van der Waals surface area contributed by atoms with Crippen molar-refractivity contribution >= 4 is 11.6 Å². The van der Waals surface area contributed by atoms with E-state index in [-0.39, 0.29) is 0 Å². The minimum Gasteiger partial charge on any atom is -0.264 e. The fourth-order valence-corrected chi connectivity index (χ4v) is 0.751. The number of alkyl halides is 4. The zero-order valence-corrected chi connectivity index (χ0v) is 5.42. The van der Waals surface area contributed by atoms with Crippen LogP contribution in [0.5, 0.6) is 0 Å². The van der Waals surface area contributed by atoms with Gasteiger partial charge in [0.2, 0.25) is 0 Å². The Labute approximate surface area is 59.9 Å². The quantitative estimate of drug-likeness (QED) is 0.361. The molecule has 10 heavy (non-hydrogen) atoms. The van der Waals surface area contributed by atoms with Crippen molar-refractivity contribution in [2.45, 2.75) is 18.0 Å². The smallest absolute Gasteiger partial charge is 0.264 e. The third-order valence-corrected chi connectivity index (χ3v) is 1.23. The van der Waals surface area contributed by atoms with Gasteiger partial charge in [0.1, 0.15) is 5.62 Å². The van der Waals surface area contributed by atoms with Crippen molar-refractivity contribution in [1.82, 2.24) is 16.2 Å². The first kappa shape index (κ1) is 8.06. The summed E-state index contributed by atoms with van der Waals surface area (Å²) >= 11 is 5.23. The number of hydrazine groups is 1. The minimum atomic E-state index is -4.31. The molecular formula is C3H5ClF3N3. The Hall–Kier alpha value is -0.0400. The summed E-state index contributed by atoms with van der Waals surface area (Å²) < 4.78 is 35.1. The average Bonchev–Trinajstić information content (AvgIpc) is 2.11. The highest BCUT2D eigenvalue weighted by atomic mass is 35.5. The van der Waals surface area contributed by atoms with Gasteiger partial charge in [0.25, 0.3) is 0 Å². The molecule has 3 nitrogen and oxygen atoms in total. The molecule has 0 bridgehead atoms. The van der Waals surface area contributed by atoms with E-state index in [9.17, 15) is 13.2 Å². The minimum absolute atomic E-state index is 0.869. The van der Waals surface area contributed by atoms with Crippen LogP contribution in [0.4, 0.5) is 13.2 Å². The number of nitrogens with one attached hydrogen (secondary N) is 3. The van der Waals surface area contributed by atoms with Gasteiger partial charge in [0.15, 0.2) is 6.17 Å². The Balaban J connectivity index is 2.45. The molecule has 1 aliphatic rings. The van der Waals surface area contributed by atoms with Gasteiger partial charge in [0, 0.05) is 0 Å². The van der Waals surface area contributed by atoms with Gasteiger partial charge in [-0.2, -0.15) is 13.2 Å². The second kappa shape index (κ2) is 2.54. The maximum absolute atomic E-state index is 11.7. The highest BCUT2D eigenvalue weighted by Crippen LogP contribution is 2.20. The summed E-state index contributed by atoms with van der Waals surface area (Å²) in [4.78, 5) is 0. The van der Waals surface area contributed by atoms with Crippen molar-refractivity contribution in [3.63, 3.8) is 0 Å². The van der Waals surface area contributed by atoms with Crippen molar-refractivity contribution in [2.24, 2.45) is 0 Å². The molecule has 0 spiro atoms. The first-order chi connectivity index (χ1) is 4.50. The lowest BCUT2D eigenvalue weighted by atomic mass is 10.5. The molecule has 3 N–H and O–H groups in total. The van der Waals surface area contributed by atoms with Gasteiger partial charge in [-0.25, -0.2) is 10.9 Å². The molecule has 0 aromatic rings. The van der Waals surface area contributed by atoms with Crippen molar-refractivity contribution in [1.29, 1.82) is 0 Å². The van der Waals surface area contributed by atoms with Gasteiger partial charge in [-0.15, -0.1) is 0 Å². The molecule has 7 heteroatoms. The lowest BCUT2D eigenvalue weighted by Gasteiger charge is -2.13. The molecule has 0 aliphatic carbocycles. The molecule has 0 aromatic carbocycles. The number of hydrogen-bond donors (Lipinski definition) is 3. The normalized spacial score (nSPS) is 34.8. The second-order valence-electron chi connectivity index (χ2n) is 1.79. The van der Waals surface area contributed by atoms with E-state index in [1.165, 1.54) is 0 Å². The van der Waals surface area contributed by atoms with Crippen LogP contribution in [0, 0.1) is 0 Å². The zero-order valence-electron chi connectivity index (χ0n) is 4.67. The lowest BCUT2D eigenvalue weighted by molar-refractivity contribution is -0.158. The summed E-state index contributed by atoms with van der Waals surface area (Å²) in [5.41, 5.74) is 3.22.